The van der Waals surface area contributed by atoms with Crippen LogP contribution in [0.5, 0.6) is 0 Å². The van der Waals surface area contributed by atoms with Crippen LogP contribution in [0.4, 0.5) is 0 Å². The number of benzene rings is 3. The first-order valence-corrected chi connectivity index (χ1v) is 12.3. The first-order valence-electron chi connectivity index (χ1n) is 11.7. The molecular weight excluding hydrogens is 494 g/mol. The molecule has 0 saturated carbocycles. The van der Waals surface area contributed by atoms with Crippen molar-refractivity contribution in [2.24, 2.45) is 0 Å². The predicted molar refractivity (Wildman–Crippen MR) is 136 cm³/mol. The molecule has 0 aliphatic carbocycles. The van der Waals surface area contributed by atoms with E-state index < -0.39 is 53.7 Å². The zero-order valence-corrected chi connectivity index (χ0v) is 20.7. The number of aliphatic hydroxyl groups is 2. The summed E-state index contributed by atoms with van der Waals surface area (Å²) in [5.41, 5.74) is -1.32. The molecule has 2 heterocycles. The molecule has 0 aromatic heterocycles. The average Bonchev–Trinajstić information content (AvgIpc) is 3.17. The summed E-state index contributed by atoms with van der Waals surface area (Å²) in [4.78, 5) is 41.9. The number of aliphatic hydroxyl groups excluding tert-OH is 2. The number of carbonyl (C=O) groups excluding carboxylic acids is 3. The Labute approximate surface area is 218 Å². The fourth-order valence-corrected chi connectivity index (χ4v) is 5.60. The largest absolute Gasteiger partial charge is 0.453 e. The fourth-order valence-electron chi connectivity index (χ4n) is 5.03. The lowest BCUT2D eigenvalue weighted by molar-refractivity contribution is -0.219. The molecule has 37 heavy (non-hydrogen) atoms. The van der Waals surface area contributed by atoms with Crippen LogP contribution in [-0.2, 0) is 15.0 Å². The summed E-state index contributed by atoms with van der Waals surface area (Å²) in [6.45, 7) is 1.27. The third-order valence-corrected chi connectivity index (χ3v) is 7.42. The maximum atomic E-state index is 13.8. The molecule has 0 unspecified atom stereocenters. The van der Waals surface area contributed by atoms with E-state index in [-0.39, 0.29) is 16.7 Å². The van der Waals surface area contributed by atoms with Gasteiger partial charge in [-0.1, -0.05) is 60.2 Å². The molecule has 1 fully saturated rings. The Hall–Kier alpha value is -3.50. The normalized spacial score (nSPS) is 27.2. The summed E-state index contributed by atoms with van der Waals surface area (Å²) >= 11 is 4.66. The number of nitrogens with zero attached hydrogens (tertiary/aromatic N) is 1. The fraction of sp³-hybridized carbons (Fsp3) is 0.250. The van der Waals surface area contributed by atoms with E-state index in [1.165, 1.54) is 12.1 Å². The van der Waals surface area contributed by atoms with E-state index >= 15 is 0 Å². The number of amides is 2. The molecule has 2 N–H and O–H groups in total. The molecule has 2 aliphatic rings. The Morgan fingerprint density at radius 2 is 1.54 bits per heavy atom. The molecule has 2 amide bonds. The summed E-state index contributed by atoms with van der Waals surface area (Å²) in [5.74, 6) is -2.06. The van der Waals surface area contributed by atoms with Crippen molar-refractivity contribution in [2.45, 2.75) is 36.2 Å². The Kier molecular flexibility index (Phi) is 6.63. The minimum atomic E-state index is -1.88. The molecule has 190 valence electrons. The van der Waals surface area contributed by atoms with Gasteiger partial charge in [-0.15, -0.1) is 12.6 Å². The standard InChI is InChI=1S/C28H25NO7S/c1-16-11-13-18(14-12-16)28(29-24(32)19-9-5-6-10-20(19)25(29)33)23(22(31)21(15-30)35-27(28)37)36-26(34)17-7-3-2-4-8-17/h2-14,21-23,27,30-31,37H,15H2,1H3/t21-,22-,23+,27+,28+/m1/s1. The van der Waals surface area contributed by atoms with Crippen molar-refractivity contribution in [3.05, 3.63) is 107 Å². The highest BCUT2D eigenvalue weighted by Crippen LogP contribution is 2.49. The number of rotatable bonds is 5. The average molecular weight is 520 g/mol. The molecule has 0 radical (unpaired) electrons. The summed E-state index contributed by atoms with van der Waals surface area (Å²) in [7, 11) is 0. The minimum absolute atomic E-state index is 0.173. The zero-order valence-electron chi connectivity index (χ0n) is 19.9. The monoisotopic (exact) mass is 519 g/mol. The van der Waals surface area contributed by atoms with E-state index in [2.05, 4.69) is 12.6 Å². The van der Waals surface area contributed by atoms with Crippen LogP contribution in [0.2, 0.25) is 0 Å². The highest BCUT2D eigenvalue weighted by Gasteiger charge is 2.65. The lowest BCUT2D eigenvalue weighted by Crippen LogP contribution is -2.71. The number of imide groups is 1. The predicted octanol–water partition coefficient (Wildman–Crippen LogP) is 2.72. The molecule has 2 aliphatic heterocycles. The highest BCUT2D eigenvalue weighted by molar-refractivity contribution is 7.80. The Balaban J connectivity index is 1.73. The molecular formula is C28H25NO7S. The smallest absolute Gasteiger partial charge is 0.338 e. The molecule has 3 aromatic rings. The summed E-state index contributed by atoms with van der Waals surface area (Å²) in [6.07, 6.45) is -4.32. The molecule has 0 bridgehead atoms. The third kappa shape index (κ3) is 3.95. The maximum absolute atomic E-state index is 13.8. The van der Waals surface area contributed by atoms with Crippen LogP contribution < -0.4 is 0 Å². The topological polar surface area (TPSA) is 113 Å². The number of aryl methyl sites for hydroxylation is 1. The van der Waals surface area contributed by atoms with Gasteiger partial charge in [0.05, 0.1) is 23.3 Å². The number of thiol groups is 1. The van der Waals surface area contributed by atoms with Gasteiger partial charge in [-0.3, -0.25) is 14.5 Å². The van der Waals surface area contributed by atoms with E-state index in [0.29, 0.717) is 5.56 Å². The van der Waals surface area contributed by atoms with Gasteiger partial charge in [-0.05, 0) is 36.8 Å². The molecule has 5 rings (SSSR count). The first kappa shape index (κ1) is 25.2. The van der Waals surface area contributed by atoms with Gasteiger partial charge in [0.2, 0.25) is 0 Å². The summed E-state index contributed by atoms with van der Waals surface area (Å²) in [6, 6.07) is 21.4. The van der Waals surface area contributed by atoms with Crippen molar-refractivity contribution in [3.8, 4) is 0 Å². The molecule has 8 nitrogen and oxygen atoms in total. The summed E-state index contributed by atoms with van der Waals surface area (Å²) in [5, 5.41) is 21.3. The Morgan fingerprint density at radius 3 is 2.11 bits per heavy atom. The molecule has 9 heteroatoms. The SMILES string of the molecule is Cc1ccc([C@@]2(N3C(=O)c4ccccc4C3=O)[C@H](S)O[C@H](CO)[C@@H](O)[C@@H]2OC(=O)c2ccccc2)cc1. The second-order valence-electron chi connectivity index (χ2n) is 9.07. The Bertz CT molecular complexity index is 1310. The minimum Gasteiger partial charge on any atom is -0.453 e. The number of fused-ring (bicyclic) bond motifs is 1. The second kappa shape index (κ2) is 9.75. The van der Waals surface area contributed by atoms with Crippen molar-refractivity contribution in [3.63, 3.8) is 0 Å². The maximum Gasteiger partial charge on any atom is 0.338 e. The number of esters is 1. The van der Waals surface area contributed by atoms with Gasteiger partial charge in [0.25, 0.3) is 11.8 Å². The molecule has 1 saturated heterocycles. The Morgan fingerprint density at radius 1 is 0.973 bits per heavy atom. The van der Waals surface area contributed by atoms with Crippen LogP contribution in [-0.4, -0.2) is 63.3 Å². The van der Waals surface area contributed by atoms with Crippen LogP contribution >= 0.6 is 12.6 Å². The lowest BCUT2D eigenvalue weighted by atomic mass is 9.76. The second-order valence-corrected chi connectivity index (χ2v) is 9.54. The van der Waals surface area contributed by atoms with E-state index in [1.807, 2.05) is 6.92 Å². The number of hydrogen-bond acceptors (Lipinski definition) is 8. The first-order chi connectivity index (χ1) is 17.8. The van der Waals surface area contributed by atoms with Crippen LogP contribution in [0, 0.1) is 6.92 Å². The molecule has 3 aromatic carbocycles. The van der Waals surface area contributed by atoms with Crippen molar-refractivity contribution in [1.29, 1.82) is 0 Å². The van der Waals surface area contributed by atoms with Crippen LogP contribution in [0.3, 0.4) is 0 Å². The van der Waals surface area contributed by atoms with E-state index in [0.717, 1.165) is 10.5 Å². The third-order valence-electron chi connectivity index (χ3n) is 6.91. The van der Waals surface area contributed by atoms with E-state index in [1.54, 1.807) is 66.7 Å². The van der Waals surface area contributed by atoms with Crippen molar-refractivity contribution in [1.82, 2.24) is 4.90 Å². The van der Waals surface area contributed by atoms with Gasteiger partial charge in [-0.2, -0.15) is 0 Å². The summed E-state index contributed by atoms with van der Waals surface area (Å²) < 4.78 is 11.8. The van der Waals surface area contributed by atoms with Gasteiger partial charge < -0.3 is 19.7 Å². The van der Waals surface area contributed by atoms with Gasteiger partial charge in [0.15, 0.2) is 11.6 Å². The van der Waals surface area contributed by atoms with Crippen LogP contribution in [0.25, 0.3) is 0 Å². The molecule has 0 spiro atoms. The highest BCUT2D eigenvalue weighted by atomic mass is 32.1. The van der Waals surface area contributed by atoms with Crippen LogP contribution in [0.15, 0.2) is 78.9 Å². The number of hydrogen-bond donors (Lipinski definition) is 3. The van der Waals surface area contributed by atoms with Crippen LogP contribution in [0.1, 0.15) is 42.2 Å². The van der Waals surface area contributed by atoms with E-state index in [9.17, 15) is 24.6 Å². The quantitative estimate of drug-likeness (QED) is 0.270. The van der Waals surface area contributed by atoms with Gasteiger partial charge in [0, 0.05) is 0 Å². The van der Waals surface area contributed by atoms with Crippen molar-refractivity contribution >= 4 is 30.4 Å². The number of ether oxygens (including phenoxy) is 2. The van der Waals surface area contributed by atoms with Gasteiger partial charge in [0.1, 0.15) is 17.6 Å². The van der Waals surface area contributed by atoms with Crippen molar-refractivity contribution in [2.75, 3.05) is 6.61 Å². The van der Waals surface area contributed by atoms with Crippen molar-refractivity contribution < 1.29 is 34.1 Å². The van der Waals surface area contributed by atoms with E-state index in [4.69, 9.17) is 9.47 Å². The lowest BCUT2D eigenvalue weighted by Gasteiger charge is -2.54. The van der Waals surface area contributed by atoms with Gasteiger partial charge in [-0.25, -0.2) is 4.79 Å². The zero-order chi connectivity index (χ0) is 26.3. The molecule has 5 atom stereocenters. The van der Waals surface area contributed by atoms with Gasteiger partial charge >= 0.3 is 5.97 Å². The number of carbonyl (C=O) groups is 3.